The summed E-state index contributed by atoms with van der Waals surface area (Å²) in [4.78, 5) is 0. The molecule has 0 spiro atoms. The van der Waals surface area contributed by atoms with E-state index in [1.54, 1.807) is 7.11 Å². The third-order valence-corrected chi connectivity index (χ3v) is 3.53. The van der Waals surface area contributed by atoms with Crippen molar-refractivity contribution in [3.05, 3.63) is 22.2 Å². The predicted molar refractivity (Wildman–Crippen MR) is 62.1 cm³/mol. The van der Waals surface area contributed by atoms with Crippen LogP contribution in [-0.4, -0.2) is 13.2 Å². The minimum Gasteiger partial charge on any atom is -0.496 e. The quantitative estimate of drug-likeness (QED) is 0.833. The van der Waals surface area contributed by atoms with E-state index in [2.05, 4.69) is 34.2 Å². The minimum absolute atomic E-state index is 0.572. The standard InChI is InChI=1S/C11H14BrNO/c1-7-3-4-8-9(13-7)5-6-10(14-2)11(8)12/h5-7,13H,3-4H2,1-2H3. The zero-order chi connectivity index (χ0) is 10.1. The van der Waals surface area contributed by atoms with Crippen molar-refractivity contribution >= 4 is 21.6 Å². The maximum atomic E-state index is 5.26. The molecule has 1 aliphatic rings. The Morgan fingerprint density at radius 3 is 3.00 bits per heavy atom. The molecule has 14 heavy (non-hydrogen) atoms. The summed E-state index contributed by atoms with van der Waals surface area (Å²) in [5.74, 6) is 0.917. The molecule has 0 aromatic heterocycles. The maximum absolute atomic E-state index is 5.26. The SMILES string of the molecule is COc1ccc2c(c1Br)CCC(C)N2. The molecule has 0 radical (unpaired) electrons. The van der Waals surface area contributed by atoms with E-state index in [9.17, 15) is 0 Å². The van der Waals surface area contributed by atoms with E-state index in [0.717, 1.165) is 16.6 Å². The number of rotatable bonds is 1. The van der Waals surface area contributed by atoms with Gasteiger partial charge in [0.1, 0.15) is 5.75 Å². The van der Waals surface area contributed by atoms with E-state index in [1.165, 1.54) is 17.7 Å². The van der Waals surface area contributed by atoms with Crippen LogP contribution in [0.25, 0.3) is 0 Å². The van der Waals surface area contributed by atoms with E-state index < -0.39 is 0 Å². The average Bonchev–Trinajstić information content (AvgIpc) is 2.18. The number of halogens is 1. The molecule has 3 heteroatoms. The summed E-state index contributed by atoms with van der Waals surface area (Å²) in [5.41, 5.74) is 2.57. The van der Waals surface area contributed by atoms with Gasteiger partial charge in [-0.15, -0.1) is 0 Å². The number of anilines is 1. The highest BCUT2D eigenvalue weighted by Gasteiger charge is 2.18. The van der Waals surface area contributed by atoms with Gasteiger partial charge < -0.3 is 10.1 Å². The molecule has 1 aromatic rings. The molecular formula is C11H14BrNO. The van der Waals surface area contributed by atoms with Crippen molar-refractivity contribution in [2.75, 3.05) is 12.4 Å². The lowest BCUT2D eigenvalue weighted by molar-refractivity contribution is 0.411. The van der Waals surface area contributed by atoms with Crippen LogP contribution in [0.2, 0.25) is 0 Å². The van der Waals surface area contributed by atoms with Gasteiger partial charge in [-0.3, -0.25) is 0 Å². The molecule has 0 amide bonds. The van der Waals surface area contributed by atoms with Gasteiger partial charge in [0, 0.05) is 11.7 Å². The molecule has 2 rings (SSSR count). The number of benzene rings is 1. The third kappa shape index (κ3) is 1.61. The Morgan fingerprint density at radius 2 is 2.29 bits per heavy atom. The van der Waals surface area contributed by atoms with Gasteiger partial charge >= 0.3 is 0 Å². The van der Waals surface area contributed by atoms with E-state index in [4.69, 9.17) is 4.74 Å². The van der Waals surface area contributed by atoms with Gasteiger partial charge in [-0.1, -0.05) is 0 Å². The van der Waals surface area contributed by atoms with Crippen molar-refractivity contribution in [1.82, 2.24) is 0 Å². The van der Waals surface area contributed by atoms with Gasteiger partial charge in [-0.2, -0.15) is 0 Å². The fraction of sp³-hybridized carbons (Fsp3) is 0.455. The third-order valence-electron chi connectivity index (χ3n) is 2.66. The van der Waals surface area contributed by atoms with E-state index in [-0.39, 0.29) is 0 Å². The molecule has 0 saturated carbocycles. The lowest BCUT2D eigenvalue weighted by Gasteiger charge is -2.25. The first-order chi connectivity index (χ1) is 6.72. The van der Waals surface area contributed by atoms with E-state index >= 15 is 0 Å². The Morgan fingerprint density at radius 1 is 1.50 bits per heavy atom. The number of ether oxygens (including phenoxy) is 1. The molecule has 0 aliphatic carbocycles. The van der Waals surface area contributed by atoms with Crippen molar-refractivity contribution in [3.8, 4) is 5.75 Å². The molecule has 1 atom stereocenters. The van der Waals surface area contributed by atoms with Crippen LogP contribution in [0.3, 0.4) is 0 Å². The first-order valence-electron chi connectivity index (χ1n) is 4.84. The number of hydrogen-bond donors (Lipinski definition) is 1. The summed E-state index contributed by atoms with van der Waals surface area (Å²) in [6.45, 7) is 2.21. The lowest BCUT2D eigenvalue weighted by Crippen LogP contribution is -2.22. The molecular weight excluding hydrogens is 242 g/mol. The second-order valence-corrected chi connectivity index (χ2v) is 4.48. The Bertz CT molecular complexity index is 351. The largest absolute Gasteiger partial charge is 0.496 e. The van der Waals surface area contributed by atoms with Gasteiger partial charge in [0.05, 0.1) is 11.6 Å². The fourth-order valence-corrected chi connectivity index (χ4v) is 2.54. The zero-order valence-electron chi connectivity index (χ0n) is 8.43. The Kier molecular flexibility index (Phi) is 2.68. The molecule has 76 valence electrons. The average molecular weight is 256 g/mol. The number of fused-ring (bicyclic) bond motifs is 1. The lowest BCUT2D eigenvalue weighted by atomic mass is 9.99. The zero-order valence-corrected chi connectivity index (χ0v) is 10.0. The van der Waals surface area contributed by atoms with Crippen molar-refractivity contribution < 1.29 is 4.74 Å². The molecule has 1 aliphatic heterocycles. The van der Waals surface area contributed by atoms with Crippen LogP contribution in [0.1, 0.15) is 18.9 Å². The van der Waals surface area contributed by atoms with Crippen LogP contribution in [-0.2, 0) is 6.42 Å². The second-order valence-electron chi connectivity index (χ2n) is 3.69. The van der Waals surface area contributed by atoms with Crippen LogP contribution in [0.4, 0.5) is 5.69 Å². The van der Waals surface area contributed by atoms with Crippen molar-refractivity contribution in [3.63, 3.8) is 0 Å². The van der Waals surface area contributed by atoms with Gasteiger partial charge in [-0.25, -0.2) is 0 Å². The Hall–Kier alpha value is -0.700. The smallest absolute Gasteiger partial charge is 0.133 e. The highest BCUT2D eigenvalue weighted by molar-refractivity contribution is 9.10. The molecule has 2 nitrogen and oxygen atoms in total. The summed E-state index contributed by atoms with van der Waals surface area (Å²) in [5, 5.41) is 3.47. The van der Waals surface area contributed by atoms with Crippen molar-refractivity contribution in [2.24, 2.45) is 0 Å². The highest BCUT2D eigenvalue weighted by Crippen LogP contribution is 2.37. The van der Waals surface area contributed by atoms with Crippen LogP contribution >= 0.6 is 15.9 Å². The molecule has 1 heterocycles. The summed E-state index contributed by atoms with van der Waals surface area (Å²) in [6, 6.07) is 4.66. The van der Waals surface area contributed by atoms with E-state index in [1.807, 2.05) is 6.07 Å². The fourth-order valence-electron chi connectivity index (χ4n) is 1.84. The van der Waals surface area contributed by atoms with Crippen LogP contribution in [0.15, 0.2) is 16.6 Å². The molecule has 0 saturated heterocycles. The summed E-state index contributed by atoms with van der Waals surface area (Å²) >= 11 is 3.58. The number of methoxy groups -OCH3 is 1. The van der Waals surface area contributed by atoms with E-state index in [0.29, 0.717) is 6.04 Å². The summed E-state index contributed by atoms with van der Waals surface area (Å²) in [6.07, 6.45) is 2.29. The Labute approximate surface area is 92.8 Å². The maximum Gasteiger partial charge on any atom is 0.133 e. The van der Waals surface area contributed by atoms with Crippen molar-refractivity contribution in [2.45, 2.75) is 25.8 Å². The van der Waals surface area contributed by atoms with Crippen molar-refractivity contribution in [1.29, 1.82) is 0 Å². The van der Waals surface area contributed by atoms with Crippen LogP contribution in [0, 0.1) is 0 Å². The van der Waals surface area contributed by atoms with Crippen LogP contribution in [0.5, 0.6) is 5.75 Å². The van der Waals surface area contributed by atoms with Gasteiger partial charge in [0.15, 0.2) is 0 Å². The molecule has 0 bridgehead atoms. The normalized spacial score (nSPS) is 19.8. The van der Waals surface area contributed by atoms with Gasteiger partial charge in [-0.05, 0) is 53.4 Å². The molecule has 1 unspecified atom stereocenters. The minimum atomic E-state index is 0.572. The van der Waals surface area contributed by atoms with Gasteiger partial charge in [0.2, 0.25) is 0 Å². The topological polar surface area (TPSA) is 21.3 Å². The number of hydrogen-bond acceptors (Lipinski definition) is 2. The summed E-state index contributed by atoms with van der Waals surface area (Å²) < 4.78 is 6.36. The predicted octanol–water partition coefficient (Wildman–Crippen LogP) is 3.20. The molecule has 0 fully saturated rings. The van der Waals surface area contributed by atoms with Crippen LogP contribution < -0.4 is 10.1 Å². The Balaban J connectivity index is 2.43. The highest BCUT2D eigenvalue weighted by atomic mass is 79.9. The molecule has 1 aromatic carbocycles. The number of nitrogens with one attached hydrogen (secondary N) is 1. The first-order valence-corrected chi connectivity index (χ1v) is 5.63. The first kappa shape index (κ1) is 9.84. The summed E-state index contributed by atoms with van der Waals surface area (Å²) in [7, 11) is 1.70. The monoisotopic (exact) mass is 255 g/mol. The molecule has 1 N–H and O–H groups in total. The van der Waals surface area contributed by atoms with Gasteiger partial charge in [0.25, 0.3) is 0 Å². The second kappa shape index (κ2) is 3.81.